The standard InChI is InChI=1S/C9H18F2O.C2H6/c1-4-8(3,5-2)6-9(10,11)7-12;1-2/h12H,4-7H2,1-3H3;1-2H3. The second-order valence-corrected chi connectivity index (χ2v) is 3.71. The lowest BCUT2D eigenvalue weighted by Gasteiger charge is -2.30. The Morgan fingerprint density at radius 3 is 1.64 bits per heavy atom. The minimum Gasteiger partial charge on any atom is -0.390 e. The molecule has 0 unspecified atom stereocenters. The summed E-state index contributed by atoms with van der Waals surface area (Å²) in [5.74, 6) is -2.92. The van der Waals surface area contributed by atoms with Crippen LogP contribution in [0.5, 0.6) is 0 Å². The van der Waals surface area contributed by atoms with Crippen molar-refractivity contribution in [3.8, 4) is 0 Å². The van der Waals surface area contributed by atoms with E-state index in [2.05, 4.69) is 0 Å². The van der Waals surface area contributed by atoms with Gasteiger partial charge < -0.3 is 5.11 Å². The third-order valence-electron chi connectivity index (χ3n) is 2.62. The molecule has 0 aromatic carbocycles. The van der Waals surface area contributed by atoms with E-state index in [0.29, 0.717) is 0 Å². The fraction of sp³-hybridized carbons (Fsp3) is 1.00. The van der Waals surface area contributed by atoms with Crippen molar-refractivity contribution in [2.45, 2.75) is 59.8 Å². The highest BCUT2D eigenvalue weighted by Gasteiger charge is 2.36. The molecule has 0 bridgehead atoms. The van der Waals surface area contributed by atoms with E-state index in [9.17, 15) is 8.78 Å². The maximum atomic E-state index is 12.8. The topological polar surface area (TPSA) is 20.2 Å². The molecule has 3 heteroatoms. The monoisotopic (exact) mass is 210 g/mol. The van der Waals surface area contributed by atoms with Crippen LogP contribution in [0.25, 0.3) is 0 Å². The average Bonchev–Trinajstić information content (AvgIpc) is 2.20. The van der Waals surface area contributed by atoms with Crippen LogP contribution in [0.15, 0.2) is 0 Å². The number of halogens is 2. The van der Waals surface area contributed by atoms with Gasteiger partial charge >= 0.3 is 0 Å². The van der Waals surface area contributed by atoms with Gasteiger partial charge in [-0.2, -0.15) is 0 Å². The molecule has 0 radical (unpaired) electrons. The predicted octanol–water partition coefficient (Wildman–Crippen LogP) is 3.86. The van der Waals surface area contributed by atoms with Gasteiger partial charge in [0.15, 0.2) is 0 Å². The Kier molecular flexibility index (Phi) is 8.31. The highest BCUT2D eigenvalue weighted by molar-refractivity contribution is 4.79. The van der Waals surface area contributed by atoms with E-state index in [1.807, 2.05) is 34.6 Å². The molecule has 0 aliphatic rings. The molecule has 0 saturated carbocycles. The quantitative estimate of drug-likeness (QED) is 0.730. The van der Waals surface area contributed by atoms with E-state index in [0.717, 1.165) is 12.8 Å². The molecule has 0 aromatic heterocycles. The van der Waals surface area contributed by atoms with Crippen LogP contribution < -0.4 is 0 Å². The van der Waals surface area contributed by atoms with Gasteiger partial charge in [-0.05, 0) is 5.41 Å². The van der Waals surface area contributed by atoms with E-state index < -0.39 is 12.5 Å². The molecule has 0 rings (SSSR count). The number of hydrogen-bond acceptors (Lipinski definition) is 1. The summed E-state index contributed by atoms with van der Waals surface area (Å²) in [5.41, 5.74) is -0.341. The zero-order chi connectivity index (χ0) is 11.8. The van der Waals surface area contributed by atoms with Gasteiger partial charge in [-0.3, -0.25) is 0 Å². The summed E-state index contributed by atoms with van der Waals surface area (Å²) < 4.78 is 25.5. The molecule has 0 aromatic rings. The van der Waals surface area contributed by atoms with Gasteiger partial charge in [0, 0.05) is 6.42 Å². The molecule has 0 atom stereocenters. The first-order valence-electron chi connectivity index (χ1n) is 5.38. The molecule has 1 N–H and O–H groups in total. The third-order valence-corrected chi connectivity index (χ3v) is 2.62. The van der Waals surface area contributed by atoms with Crippen molar-refractivity contribution in [1.82, 2.24) is 0 Å². The van der Waals surface area contributed by atoms with Gasteiger partial charge in [0.05, 0.1) is 0 Å². The highest BCUT2D eigenvalue weighted by atomic mass is 19.3. The van der Waals surface area contributed by atoms with Gasteiger partial charge in [-0.15, -0.1) is 0 Å². The molecule has 0 fully saturated rings. The summed E-state index contributed by atoms with van der Waals surface area (Å²) in [4.78, 5) is 0. The summed E-state index contributed by atoms with van der Waals surface area (Å²) in [7, 11) is 0. The van der Waals surface area contributed by atoms with Crippen LogP contribution in [-0.2, 0) is 0 Å². The number of hydrogen-bond donors (Lipinski definition) is 1. The Hall–Kier alpha value is -0.180. The van der Waals surface area contributed by atoms with E-state index in [4.69, 9.17) is 5.11 Å². The minimum atomic E-state index is -2.92. The van der Waals surface area contributed by atoms with Gasteiger partial charge in [-0.25, -0.2) is 8.78 Å². The Morgan fingerprint density at radius 1 is 1.07 bits per heavy atom. The van der Waals surface area contributed by atoms with Crippen LogP contribution in [-0.4, -0.2) is 17.6 Å². The molecular weight excluding hydrogens is 186 g/mol. The van der Waals surface area contributed by atoms with Crippen molar-refractivity contribution in [3.05, 3.63) is 0 Å². The first kappa shape index (κ1) is 16.3. The largest absolute Gasteiger partial charge is 0.390 e. The first-order valence-corrected chi connectivity index (χ1v) is 5.38. The van der Waals surface area contributed by atoms with E-state index in [-0.39, 0.29) is 11.8 Å². The molecule has 0 aliphatic carbocycles. The van der Waals surface area contributed by atoms with Crippen LogP contribution >= 0.6 is 0 Å². The molecular formula is C11H24F2O. The molecule has 0 amide bonds. The van der Waals surface area contributed by atoms with Crippen LogP contribution in [0.1, 0.15) is 53.9 Å². The number of aliphatic hydroxyl groups excluding tert-OH is 1. The van der Waals surface area contributed by atoms with Crippen LogP contribution in [0.4, 0.5) is 8.78 Å². The average molecular weight is 210 g/mol. The third kappa shape index (κ3) is 6.30. The van der Waals surface area contributed by atoms with Crippen molar-refractivity contribution < 1.29 is 13.9 Å². The SMILES string of the molecule is CC.CCC(C)(CC)CC(F)(F)CO. The Labute approximate surface area is 86.5 Å². The Morgan fingerprint density at radius 2 is 1.43 bits per heavy atom. The summed E-state index contributed by atoms with van der Waals surface area (Å²) in [5, 5.41) is 8.40. The molecule has 14 heavy (non-hydrogen) atoms. The van der Waals surface area contributed by atoms with E-state index >= 15 is 0 Å². The lowest BCUT2D eigenvalue weighted by Crippen LogP contribution is -2.30. The second-order valence-electron chi connectivity index (χ2n) is 3.71. The molecule has 0 heterocycles. The van der Waals surface area contributed by atoms with E-state index in [1.165, 1.54) is 0 Å². The second kappa shape index (κ2) is 7.16. The fourth-order valence-electron chi connectivity index (χ4n) is 1.18. The highest BCUT2D eigenvalue weighted by Crippen LogP contribution is 2.37. The maximum Gasteiger partial charge on any atom is 0.271 e. The van der Waals surface area contributed by atoms with Crippen molar-refractivity contribution in [3.63, 3.8) is 0 Å². The van der Waals surface area contributed by atoms with Gasteiger partial charge in [0.25, 0.3) is 5.92 Å². The summed E-state index contributed by atoms with van der Waals surface area (Å²) in [6, 6.07) is 0. The van der Waals surface area contributed by atoms with Crippen molar-refractivity contribution >= 4 is 0 Å². The fourth-order valence-corrected chi connectivity index (χ4v) is 1.18. The Bertz CT molecular complexity index is 131. The number of aliphatic hydroxyl groups is 1. The molecule has 0 spiro atoms. The first-order chi connectivity index (χ1) is 6.39. The van der Waals surface area contributed by atoms with Crippen molar-refractivity contribution in [2.75, 3.05) is 6.61 Å². The van der Waals surface area contributed by atoms with Gasteiger partial charge in [-0.1, -0.05) is 47.5 Å². The van der Waals surface area contributed by atoms with Crippen molar-refractivity contribution in [1.29, 1.82) is 0 Å². The number of rotatable bonds is 5. The molecule has 0 saturated heterocycles. The summed E-state index contributed by atoms with van der Waals surface area (Å²) >= 11 is 0. The summed E-state index contributed by atoms with van der Waals surface area (Å²) in [6.07, 6.45) is 1.22. The summed E-state index contributed by atoms with van der Waals surface area (Å²) in [6.45, 7) is 8.59. The predicted molar refractivity (Wildman–Crippen MR) is 56.7 cm³/mol. The normalized spacial score (nSPS) is 12.0. The zero-order valence-electron chi connectivity index (χ0n) is 10.0. The Balaban J connectivity index is 0. The van der Waals surface area contributed by atoms with Crippen molar-refractivity contribution in [2.24, 2.45) is 5.41 Å². The number of alkyl halides is 2. The molecule has 88 valence electrons. The van der Waals surface area contributed by atoms with Crippen LogP contribution in [0, 0.1) is 5.41 Å². The lowest BCUT2D eigenvalue weighted by molar-refractivity contribution is -0.0839. The molecule has 1 nitrogen and oxygen atoms in total. The smallest absolute Gasteiger partial charge is 0.271 e. The lowest BCUT2D eigenvalue weighted by atomic mass is 9.79. The molecule has 0 aliphatic heterocycles. The maximum absolute atomic E-state index is 12.8. The van der Waals surface area contributed by atoms with Gasteiger partial charge in [0.1, 0.15) is 6.61 Å². The zero-order valence-corrected chi connectivity index (χ0v) is 10.0. The van der Waals surface area contributed by atoms with Gasteiger partial charge in [0.2, 0.25) is 0 Å². The van der Waals surface area contributed by atoms with Crippen LogP contribution in [0.2, 0.25) is 0 Å². The van der Waals surface area contributed by atoms with Crippen LogP contribution in [0.3, 0.4) is 0 Å². The minimum absolute atomic E-state index is 0.219. The van der Waals surface area contributed by atoms with E-state index in [1.54, 1.807) is 0 Å².